The van der Waals surface area contributed by atoms with Gasteiger partial charge in [-0.2, -0.15) is 13.2 Å². The summed E-state index contributed by atoms with van der Waals surface area (Å²) in [5, 5.41) is 2.50. The summed E-state index contributed by atoms with van der Waals surface area (Å²) in [4.78, 5) is 11.6. The molecular formula is C14H17F3N2OS. The number of amides is 1. The van der Waals surface area contributed by atoms with E-state index in [4.69, 9.17) is 5.73 Å². The van der Waals surface area contributed by atoms with Crippen LogP contribution in [0.3, 0.4) is 0 Å². The molecule has 3 N–H and O–H groups in total. The number of thiocarbonyl (C=S) groups is 1. The molecule has 3 nitrogen and oxygen atoms in total. The van der Waals surface area contributed by atoms with E-state index in [0.717, 1.165) is 6.07 Å². The number of nitrogens with two attached hydrogens (primary N) is 1. The summed E-state index contributed by atoms with van der Waals surface area (Å²) in [5.41, 5.74) is 4.18. The van der Waals surface area contributed by atoms with Crippen molar-refractivity contribution in [1.82, 2.24) is 0 Å². The van der Waals surface area contributed by atoms with E-state index in [0.29, 0.717) is 12.8 Å². The van der Waals surface area contributed by atoms with E-state index in [2.05, 4.69) is 17.5 Å². The standard InChI is InChI=1S/C14H17F3N2OS/c1-3-8(4-2)13(20)19-9-5-6-10(12(18)21)11(7-9)14(15,16)17/h5-8H,3-4H2,1-2H3,(H2,18,21)(H,19,20). The van der Waals surface area contributed by atoms with Gasteiger partial charge in [-0.3, -0.25) is 4.79 Å². The topological polar surface area (TPSA) is 55.1 Å². The normalized spacial score (nSPS) is 11.5. The molecule has 0 unspecified atom stereocenters. The summed E-state index contributed by atoms with van der Waals surface area (Å²) in [6, 6.07) is 3.40. The lowest BCUT2D eigenvalue weighted by molar-refractivity contribution is -0.137. The Balaban J connectivity index is 3.12. The minimum Gasteiger partial charge on any atom is -0.389 e. The smallest absolute Gasteiger partial charge is 0.389 e. The fourth-order valence-corrected chi connectivity index (χ4v) is 2.15. The zero-order chi connectivity index (χ0) is 16.2. The van der Waals surface area contributed by atoms with Crippen LogP contribution in [-0.4, -0.2) is 10.9 Å². The van der Waals surface area contributed by atoms with Gasteiger partial charge in [0.05, 0.1) is 5.56 Å². The lowest BCUT2D eigenvalue weighted by Crippen LogP contribution is -2.23. The SMILES string of the molecule is CCC(CC)C(=O)Nc1ccc(C(N)=S)c(C(F)(F)F)c1. The molecule has 116 valence electrons. The number of anilines is 1. The summed E-state index contributed by atoms with van der Waals surface area (Å²) >= 11 is 4.62. The highest BCUT2D eigenvalue weighted by Crippen LogP contribution is 2.34. The second-order valence-corrected chi connectivity index (χ2v) is 5.06. The molecule has 1 aromatic carbocycles. The monoisotopic (exact) mass is 318 g/mol. The Morgan fingerprint density at radius 3 is 2.33 bits per heavy atom. The van der Waals surface area contributed by atoms with Gasteiger partial charge in [0.25, 0.3) is 0 Å². The van der Waals surface area contributed by atoms with Crippen LogP contribution in [0.5, 0.6) is 0 Å². The highest BCUT2D eigenvalue weighted by atomic mass is 32.1. The Morgan fingerprint density at radius 2 is 1.90 bits per heavy atom. The van der Waals surface area contributed by atoms with Crippen LogP contribution in [0.2, 0.25) is 0 Å². The quantitative estimate of drug-likeness (QED) is 0.814. The second kappa shape index (κ2) is 6.89. The molecule has 7 heteroatoms. The Kier molecular flexibility index (Phi) is 5.71. The molecule has 0 spiro atoms. The van der Waals surface area contributed by atoms with Crippen molar-refractivity contribution in [3.8, 4) is 0 Å². The van der Waals surface area contributed by atoms with Gasteiger partial charge in [-0.25, -0.2) is 0 Å². The molecular weight excluding hydrogens is 301 g/mol. The van der Waals surface area contributed by atoms with Crippen LogP contribution in [0.1, 0.15) is 37.8 Å². The van der Waals surface area contributed by atoms with E-state index in [-0.39, 0.29) is 28.1 Å². The zero-order valence-electron chi connectivity index (χ0n) is 11.8. The number of benzene rings is 1. The van der Waals surface area contributed by atoms with Crippen molar-refractivity contribution in [2.24, 2.45) is 11.7 Å². The molecule has 0 saturated carbocycles. The molecule has 1 aromatic rings. The molecule has 0 aliphatic heterocycles. The summed E-state index contributed by atoms with van der Waals surface area (Å²) in [5.74, 6) is -0.522. The lowest BCUT2D eigenvalue weighted by atomic mass is 10.0. The van der Waals surface area contributed by atoms with E-state index in [1.807, 2.05) is 13.8 Å². The lowest BCUT2D eigenvalue weighted by Gasteiger charge is -2.16. The van der Waals surface area contributed by atoms with E-state index >= 15 is 0 Å². The van der Waals surface area contributed by atoms with E-state index in [1.165, 1.54) is 12.1 Å². The van der Waals surface area contributed by atoms with Crippen LogP contribution >= 0.6 is 12.2 Å². The number of carbonyl (C=O) groups excluding carboxylic acids is 1. The van der Waals surface area contributed by atoms with Crippen molar-refractivity contribution in [1.29, 1.82) is 0 Å². The van der Waals surface area contributed by atoms with Crippen LogP contribution in [0.4, 0.5) is 18.9 Å². The molecule has 0 bridgehead atoms. The first-order valence-corrected chi connectivity index (χ1v) is 6.93. The van der Waals surface area contributed by atoms with Crippen molar-refractivity contribution in [2.45, 2.75) is 32.9 Å². The predicted molar refractivity (Wildman–Crippen MR) is 80.0 cm³/mol. The van der Waals surface area contributed by atoms with E-state index in [1.54, 1.807) is 0 Å². The fourth-order valence-electron chi connectivity index (χ4n) is 1.98. The summed E-state index contributed by atoms with van der Waals surface area (Å²) in [6.07, 6.45) is -3.34. The molecule has 0 atom stereocenters. The van der Waals surface area contributed by atoms with Crippen molar-refractivity contribution in [3.63, 3.8) is 0 Å². The number of rotatable bonds is 5. The third-order valence-corrected chi connectivity index (χ3v) is 3.43. The number of carbonyl (C=O) groups is 1. The number of hydrogen-bond acceptors (Lipinski definition) is 2. The number of halogens is 3. The van der Waals surface area contributed by atoms with Gasteiger partial charge in [0.1, 0.15) is 4.99 Å². The number of hydrogen-bond donors (Lipinski definition) is 2. The summed E-state index contributed by atoms with van der Waals surface area (Å²) < 4.78 is 39.0. The van der Waals surface area contributed by atoms with E-state index in [9.17, 15) is 18.0 Å². The van der Waals surface area contributed by atoms with Crippen molar-refractivity contribution in [3.05, 3.63) is 29.3 Å². The average molecular weight is 318 g/mol. The van der Waals surface area contributed by atoms with Gasteiger partial charge in [-0.05, 0) is 31.0 Å². The Hall–Kier alpha value is -1.63. The van der Waals surface area contributed by atoms with Crippen LogP contribution in [0.15, 0.2) is 18.2 Å². The largest absolute Gasteiger partial charge is 0.417 e. The molecule has 1 amide bonds. The molecule has 0 heterocycles. The second-order valence-electron chi connectivity index (χ2n) is 4.63. The molecule has 0 radical (unpaired) electrons. The maximum atomic E-state index is 13.0. The van der Waals surface area contributed by atoms with Crippen LogP contribution in [0.25, 0.3) is 0 Å². The maximum absolute atomic E-state index is 13.0. The first kappa shape index (κ1) is 17.4. The van der Waals surface area contributed by atoms with Gasteiger partial charge in [0.15, 0.2) is 0 Å². The van der Waals surface area contributed by atoms with E-state index < -0.39 is 11.7 Å². The minimum atomic E-state index is -4.59. The highest BCUT2D eigenvalue weighted by Gasteiger charge is 2.34. The summed E-state index contributed by atoms with van der Waals surface area (Å²) in [6.45, 7) is 3.70. The Morgan fingerprint density at radius 1 is 1.33 bits per heavy atom. The maximum Gasteiger partial charge on any atom is 0.417 e. The molecule has 0 saturated heterocycles. The first-order valence-electron chi connectivity index (χ1n) is 6.52. The highest BCUT2D eigenvalue weighted by molar-refractivity contribution is 7.80. The zero-order valence-corrected chi connectivity index (χ0v) is 12.6. The van der Waals surface area contributed by atoms with Crippen molar-refractivity contribution in [2.75, 3.05) is 5.32 Å². The molecule has 0 fully saturated rings. The van der Waals surface area contributed by atoms with Crippen molar-refractivity contribution >= 4 is 28.8 Å². The Labute approximate surface area is 126 Å². The van der Waals surface area contributed by atoms with Crippen LogP contribution in [-0.2, 0) is 11.0 Å². The number of alkyl halides is 3. The van der Waals surface area contributed by atoms with Gasteiger partial charge in [0, 0.05) is 17.2 Å². The van der Waals surface area contributed by atoms with Gasteiger partial charge >= 0.3 is 6.18 Å². The molecule has 0 aromatic heterocycles. The van der Waals surface area contributed by atoms with Gasteiger partial charge in [-0.15, -0.1) is 0 Å². The average Bonchev–Trinajstić information content (AvgIpc) is 2.38. The van der Waals surface area contributed by atoms with Crippen molar-refractivity contribution < 1.29 is 18.0 Å². The summed E-state index contributed by atoms with van der Waals surface area (Å²) in [7, 11) is 0. The predicted octanol–water partition coefficient (Wildman–Crippen LogP) is 3.71. The fraction of sp³-hybridized carbons (Fsp3) is 0.429. The first-order chi connectivity index (χ1) is 9.70. The molecule has 21 heavy (non-hydrogen) atoms. The number of nitrogens with one attached hydrogen (secondary N) is 1. The molecule has 0 aliphatic carbocycles. The third-order valence-electron chi connectivity index (χ3n) is 3.21. The van der Waals surface area contributed by atoms with Gasteiger partial charge in [0.2, 0.25) is 5.91 Å². The van der Waals surface area contributed by atoms with Gasteiger partial charge in [-0.1, -0.05) is 26.1 Å². The van der Waals surface area contributed by atoms with Crippen LogP contribution < -0.4 is 11.1 Å². The molecule has 1 rings (SSSR count). The Bertz CT molecular complexity index is 540. The third kappa shape index (κ3) is 4.42. The van der Waals surface area contributed by atoms with Gasteiger partial charge < -0.3 is 11.1 Å². The minimum absolute atomic E-state index is 0.0826. The van der Waals surface area contributed by atoms with Crippen LogP contribution in [0, 0.1) is 5.92 Å². The molecule has 0 aliphatic rings.